The second-order valence-electron chi connectivity index (χ2n) is 4.63. The summed E-state index contributed by atoms with van der Waals surface area (Å²) in [7, 11) is 0. The van der Waals surface area contributed by atoms with E-state index >= 15 is 0 Å². The number of benzene rings is 1. The number of rotatable bonds is 4. The molecule has 1 aliphatic heterocycles. The summed E-state index contributed by atoms with van der Waals surface area (Å²) in [5.41, 5.74) is 3.07. The summed E-state index contributed by atoms with van der Waals surface area (Å²) in [5.74, 6) is -0.0866. The third-order valence-electron chi connectivity index (χ3n) is 3.44. The summed E-state index contributed by atoms with van der Waals surface area (Å²) in [6, 6.07) is 5.70. The molecule has 0 spiro atoms. The second-order valence-corrected chi connectivity index (χ2v) is 4.63. The molecular weight excluding hydrogens is 228 g/mol. The predicted molar refractivity (Wildman–Crippen MR) is 70.5 cm³/mol. The maximum atomic E-state index is 12.2. The summed E-state index contributed by atoms with van der Waals surface area (Å²) in [6.45, 7) is 3.64. The van der Waals surface area contributed by atoms with Crippen molar-refractivity contribution in [2.24, 2.45) is 0 Å². The molecule has 2 rings (SSSR count). The first-order valence-electron chi connectivity index (χ1n) is 6.49. The number of carbonyl (C=O) groups is 1. The fraction of sp³-hybridized carbons (Fsp3) is 0.500. The Bertz CT molecular complexity index is 428. The third-order valence-corrected chi connectivity index (χ3v) is 3.44. The van der Waals surface area contributed by atoms with Gasteiger partial charge in [-0.15, -0.1) is 0 Å². The molecule has 0 saturated carbocycles. The molecule has 0 fully saturated rings. The van der Waals surface area contributed by atoms with E-state index in [1.807, 2.05) is 19.1 Å². The van der Waals surface area contributed by atoms with Crippen LogP contribution in [0.15, 0.2) is 18.2 Å². The monoisotopic (exact) mass is 248 g/mol. The lowest BCUT2D eigenvalue weighted by Gasteiger charge is -2.21. The molecule has 1 aliphatic rings. The van der Waals surface area contributed by atoms with Crippen LogP contribution in [0.2, 0.25) is 0 Å². The Labute approximate surface area is 107 Å². The maximum absolute atomic E-state index is 12.2. The van der Waals surface area contributed by atoms with Crippen molar-refractivity contribution < 1.29 is 9.90 Å². The van der Waals surface area contributed by atoms with Gasteiger partial charge in [-0.3, -0.25) is 4.79 Å². The lowest BCUT2D eigenvalue weighted by atomic mass is 9.95. The van der Waals surface area contributed by atoms with Gasteiger partial charge in [-0.05, 0) is 36.6 Å². The molecule has 0 bridgehead atoms. The van der Waals surface area contributed by atoms with Crippen LogP contribution >= 0.6 is 0 Å². The zero-order valence-electron chi connectivity index (χ0n) is 10.7. The Morgan fingerprint density at radius 1 is 1.56 bits per heavy atom. The molecule has 1 aromatic carbocycles. The largest absolute Gasteiger partial charge is 0.394 e. The van der Waals surface area contributed by atoms with Gasteiger partial charge in [0, 0.05) is 12.1 Å². The fourth-order valence-electron chi connectivity index (χ4n) is 2.27. The van der Waals surface area contributed by atoms with E-state index in [9.17, 15) is 4.79 Å². The van der Waals surface area contributed by atoms with Crippen molar-refractivity contribution in [3.63, 3.8) is 0 Å². The van der Waals surface area contributed by atoms with Crippen LogP contribution in [0.5, 0.6) is 0 Å². The van der Waals surface area contributed by atoms with Crippen LogP contribution in [0.4, 0.5) is 0 Å². The number of amides is 1. The van der Waals surface area contributed by atoms with E-state index in [0.717, 1.165) is 37.1 Å². The number of carbonyl (C=O) groups excluding carboxylic acids is 1. The summed E-state index contributed by atoms with van der Waals surface area (Å²) in [4.78, 5) is 12.2. The fourth-order valence-corrected chi connectivity index (χ4v) is 2.27. The van der Waals surface area contributed by atoms with Crippen LogP contribution in [0.25, 0.3) is 0 Å². The van der Waals surface area contributed by atoms with E-state index in [0.29, 0.717) is 0 Å². The number of hydrogen-bond acceptors (Lipinski definition) is 3. The predicted octanol–water partition coefficient (Wildman–Crippen LogP) is 0.833. The van der Waals surface area contributed by atoms with Crippen molar-refractivity contribution in [1.29, 1.82) is 0 Å². The maximum Gasteiger partial charge on any atom is 0.251 e. The topological polar surface area (TPSA) is 61.4 Å². The average Bonchev–Trinajstić information content (AvgIpc) is 2.43. The van der Waals surface area contributed by atoms with E-state index in [-0.39, 0.29) is 18.6 Å². The van der Waals surface area contributed by atoms with Gasteiger partial charge in [0.25, 0.3) is 5.91 Å². The lowest BCUT2D eigenvalue weighted by molar-refractivity contribution is 0.0913. The van der Waals surface area contributed by atoms with Crippen molar-refractivity contribution in [2.45, 2.75) is 32.4 Å². The Morgan fingerprint density at radius 2 is 2.39 bits per heavy atom. The Morgan fingerprint density at radius 3 is 3.11 bits per heavy atom. The summed E-state index contributed by atoms with van der Waals surface area (Å²) >= 11 is 0. The number of hydrogen-bond donors (Lipinski definition) is 3. The molecule has 1 heterocycles. The van der Waals surface area contributed by atoms with Gasteiger partial charge in [0.05, 0.1) is 12.6 Å². The number of fused-ring (bicyclic) bond motifs is 1. The minimum absolute atomic E-state index is 0.0183. The first kappa shape index (κ1) is 13.1. The van der Waals surface area contributed by atoms with E-state index in [4.69, 9.17) is 5.11 Å². The van der Waals surface area contributed by atoms with Crippen LogP contribution in [0.3, 0.4) is 0 Å². The van der Waals surface area contributed by atoms with Gasteiger partial charge < -0.3 is 15.7 Å². The molecule has 98 valence electrons. The first-order chi connectivity index (χ1) is 8.76. The zero-order chi connectivity index (χ0) is 13.0. The summed E-state index contributed by atoms with van der Waals surface area (Å²) < 4.78 is 0. The van der Waals surface area contributed by atoms with E-state index < -0.39 is 0 Å². The van der Waals surface area contributed by atoms with Crippen LogP contribution in [0.1, 0.15) is 34.8 Å². The highest BCUT2D eigenvalue weighted by atomic mass is 16.3. The molecule has 1 unspecified atom stereocenters. The van der Waals surface area contributed by atoms with Gasteiger partial charge >= 0.3 is 0 Å². The van der Waals surface area contributed by atoms with Crippen molar-refractivity contribution in [1.82, 2.24) is 10.6 Å². The van der Waals surface area contributed by atoms with Crippen molar-refractivity contribution >= 4 is 5.91 Å². The molecule has 1 amide bonds. The third kappa shape index (κ3) is 2.71. The standard InChI is InChI=1S/C14H20N2O2/c1-2-11(9-17)16-14(18)12-5-3-4-10-6-7-15-8-13(10)12/h3-5,11,15,17H,2,6-9H2,1H3,(H,16,18). The van der Waals surface area contributed by atoms with E-state index in [2.05, 4.69) is 16.7 Å². The Hall–Kier alpha value is -1.39. The number of aliphatic hydroxyl groups is 1. The van der Waals surface area contributed by atoms with Crippen molar-refractivity contribution in [3.8, 4) is 0 Å². The highest BCUT2D eigenvalue weighted by molar-refractivity contribution is 5.96. The average molecular weight is 248 g/mol. The van der Waals surface area contributed by atoms with Crippen LogP contribution in [-0.4, -0.2) is 30.2 Å². The molecule has 4 heteroatoms. The van der Waals surface area contributed by atoms with Gasteiger partial charge in [-0.1, -0.05) is 19.1 Å². The normalized spacial score (nSPS) is 15.9. The molecule has 0 aromatic heterocycles. The number of nitrogens with one attached hydrogen (secondary N) is 2. The number of aliphatic hydroxyl groups excluding tert-OH is 1. The van der Waals surface area contributed by atoms with Gasteiger partial charge in [0.15, 0.2) is 0 Å². The minimum Gasteiger partial charge on any atom is -0.394 e. The van der Waals surface area contributed by atoms with Crippen molar-refractivity contribution in [3.05, 3.63) is 34.9 Å². The van der Waals surface area contributed by atoms with E-state index in [1.54, 1.807) is 0 Å². The van der Waals surface area contributed by atoms with Crippen molar-refractivity contribution in [2.75, 3.05) is 13.2 Å². The molecule has 3 N–H and O–H groups in total. The molecule has 0 radical (unpaired) electrons. The van der Waals surface area contributed by atoms with Gasteiger partial charge in [0.2, 0.25) is 0 Å². The lowest BCUT2D eigenvalue weighted by Crippen LogP contribution is -2.38. The highest BCUT2D eigenvalue weighted by Crippen LogP contribution is 2.18. The quantitative estimate of drug-likeness (QED) is 0.739. The molecular formula is C14H20N2O2. The minimum atomic E-state index is -0.162. The Kier molecular flexibility index (Phi) is 4.33. The van der Waals surface area contributed by atoms with Gasteiger partial charge in [0.1, 0.15) is 0 Å². The first-order valence-corrected chi connectivity index (χ1v) is 6.49. The Balaban J connectivity index is 2.20. The van der Waals surface area contributed by atoms with Crippen LogP contribution in [0, 0.1) is 0 Å². The summed E-state index contributed by atoms with van der Waals surface area (Å²) in [5, 5.41) is 15.3. The molecule has 4 nitrogen and oxygen atoms in total. The summed E-state index contributed by atoms with van der Waals surface area (Å²) in [6.07, 6.45) is 1.70. The zero-order valence-corrected chi connectivity index (χ0v) is 10.7. The van der Waals surface area contributed by atoms with E-state index in [1.165, 1.54) is 5.56 Å². The molecule has 18 heavy (non-hydrogen) atoms. The molecule has 1 atom stereocenters. The SMILES string of the molecule is CCC(CO)NC(=O)c1cccc2c1CNCC2. The van der Waals surface area contributed by atoms with Gasteiger partial charge in [-0.2, -0.15) is 0 Å². The smallest absolute Gasteiger partial charge is 0.251 e. The second kappa shape index (κ2) is 5.98. The van der Waals surface area contributed by atoms with Crippen LogP contribution in [-0.2, 0) is 13.0 Å². The van der Waals surface area contributed by atoms with Crippen LogP contribution < -0.4 is 10.6 Å². The highest BCUT2D eigenvalue weighted by Gasteiger charge is 2.18. The van der Waals surface area contributed by atoms with Gasteiger partial charge in [-0.25, -0.2) is 0 Å². The molecule has 0 aliphatic carbocycles. The molecule has 0 saturated heterocycles. The molecule has 1 aromatic rings.